The number of aryl methyl sites for hydroxylation is 2. The minimum Gasteiger partial charge on any atom is -0.355 e. The molecule has 1 N–H and O–H groups in total. The van der Waals surface area contributed by atoms with Gasteiger partial charge in [0.15, 0.2) is 0 Å². The number of hydrogen-bond donors (Lipinski definition) is 1. The van der Waals surface area contributed by atoms with Crippen LogP contribution in [-0.4, -0.2) is 24.0 Å². The predicted octanol–water partition coefficient (Wildman–Crippen LogP) is 4.77. The standard InChI is InChI=1S/C21H23N3OS/c1-14-6-3-4-8-18(14)23-21(25)16-7-5-11-24(13-16)20-17-12-15(2)26-19(17)9-10-22-20/h3-4,6,8-10,12,16H,5,7,11,13H2,1-2H3,(H,23,25). The van der Waals surface area contributed by atoms with Crippen molar-refractivity contribution in [2.75, 3.05) is 23.3 Å². The van der Waals surface area contributed by atoms with Crippen LogP contribution in [0.1, 0.15) is 23.3 Å². The highest BCUT2D eigenvalue weighted by Gasteiger charge is 2.27. The summed E-state index contributed by atoms with van der Waals surface area (Å²) in [5.41, 5.74) is 2.00. The number of benzene rings is 1. The van der Waals surface area contributed by atoms with Gasteiger partial charge in [0.1, 0.15) is 5.82 Å². The number of amides is 1. The Bertz CT molecular complexity index is 949. The van der Waals surface area contributed by atoms with E-state index >= 15 is 0 Å². The molecule has 0 radical (unpaired) electrons. The molecule has 26 heavy (non-hydrogen) atoms. The van der Waals surface area contributed by atoms with Crippen LogP contribution in [0.2, 0.25) is 0 Å². The highest BCUT2D eigenvalue weighted by Crippen LogP contribution is 2.33. The second kappa shape index (κ2) is 7.08. The van der Waals surface area contributed by atoms with E-state index in [1.165, 1.54) is 15.0 Å². The van der Waals surface area contributed by atoms with E-state index in [1.54, 1.807) is 11.3 Å². The van der Waals surface area contributed by atoms with Gasteiger partial charge in [-0.15, -0.1) is 11.3 Å². The number of carbonyl (C=O) groups is 1. The van der Waals surface area contributed by atoms with Gasteiger partial charge in [-0.05, 0) is 50.5 Å². The first-order valence-corrected chi connectivity index (χ1v) is 9.90. The second-order valence-electron chi connectivity index (χ2n) is 6.99. The normalized spacial score (nSPS) is 17.5. The fraction of sp³-hybridized carbons (Fsp3) is 0.333. The molecule has 1 aliphatic heterocycles. The molecule has 4 nitrogen and oxygen atoms in total. The number of aromatic nitrogens is 1. The smallest absolute Gasteiger partial charge is 0.229 e. The lowest BCUT2D eigenvalue weighted by Gasteiger charge is -2.33. The Labute approximate surface area is 157 Å². The third-order valence-electron chi connectivity index (χ3n) is 5.04. The number of thiophene rings is 1. The average molecular weight is 366 g/mol. The van der Waals surface area contributed by atoms with Crippen molar-refractivity contribution >= 4 is 38.8 Å². The molecule has 1 unspecified atom stereocenters. The summed E-state index contributed by atoms with van der Waals surface area (Å²) in [6.07, 6.45) is 3.81. The molecular formula is C21H23N3OS. The number of anilines is 2. The Hall–Kier alpha value is -2.40. The Balaban J connectivity index is 1.54. The summed E-state index contributed by atoms with van der Waals surface area (Å²) in [5.74, 6) is 1.11. The van der Waals surface area contributed by atoms with E-state index in [4.69, 9.17) is 0 Å². The molecule has 2 aromatic heterocycles. The maximum Gasteiger partial charge on any atom is 0.229 e. The molecule has 4 rings (SSSR count). The van der Waals surface area contributed by atoms with Gasteiger partial charge in [-0.2, -0.15) is 0 Å². The molecule has 1 amide bonds. The summed E-state index contributed by atoms with van der Waals surface area (Å²) in [6, 6.07) is 12.2. The number of pyridine rings is 1. The fourth-order valence-corrected chi connectivity index (χ4v) is 4.57. The van der Waals surface area contributed by atoms with Crippen LogP contribution in [0.25, 0.3) is 10.1 Å². The molecule has 1 atom stereocenters. The molecule has 1 aromatic carbocycles. The summed E-state index contributed by atoms with van der Waals surface area (Å²) in [4.78, 5) is 21.0. The van der Waals surface area contributed by atoms with Crippen molar-refractivity contribution in [1.29, 1.82) is 0 Å². The summed E-state index contributed by atoms with van der Waals surface area (Å²) in [5, 5.41) is 4.31. The maximum absolute atomic E-state index is 12.8. The number of carbonyl (C=O) groups excluding carboxylic acids is 1. The zero-order valence-electron chi connectivity index (χ0n) is 15.2. The molecule has 1 fully saturated rings. The van der Waals surface area contributed by atoms with Crippen molar-refractivity contribution in [2.45, 2.75) is 26.7 Å². The Morgan fingerprint density at radius 1 is 1.27 bits per heavy atom. The number of nitrogens with one attached hydrogen (secondary N) is 1. The summed E-state index contributed by atoms with van der Waals surface area (Å²) in [7, 11) is 0. The van der Waals surface area contributed by atoms with Gasteiger partial charge in [0.2, 0.25) is 5.91 Å². The summed E-state index contributed by atoms with van der Waals surface area (Å²) >= 11 is 1.79. The van der Waals surface area contributed by atoms with E-state index < -0.39 is 0 Å². The largest absolute Gasteiger partial charge is 0.355 e. The van der Waals surface area contributed by atoms with Gasteiger partial charge in [0.05, 0.1) is 5.92 Å². The van der Waals surface area contributed by atoms with Crippen LogP contribution in [0, 0.1) is 19.8 Å². The van der Waals surface area contributed by atoms with Gasteiger partial charge in [0, 0.05) is 39.9 Å². The summed E-state index contributed by atoms with van der Waals surface area (Å²) in [6.45, 7) is 5.82. The zero-order chi connectivity index (χ0) is 18.1. The van der Waals surface area contributed by atoms with Crippen molar-refractivity contribution in [3.05, 3.63) is 53.0 Å². The van der Waals surface area contributed by atoms with Crippen LogP contribution in [0.15, 0.2) is 42.6 Å². The molecule has 3 aromatic rings. The monoisotopic (exact) mass is 365 g/mol. The van der Waals surface area contributed by atoms with Gasteiger partial charge in [-0.25, -0.2) is 4.98 Å². The van der Waals surface area contributed by atoms with Crippen LogP contribution in [0.5, 0.6) is 0 Å². The van der Waals surface area contributed by atoms with Crippen LogP contribution >= 0.6 is 11.3 Å². The van der Waals surface area contributed by atoms with E-state index in [2.05, 4.69) is 34.3 Å². The van der Waals surface area contributed by atoms with E-state index in [-0.39, 0.29) is 11.8 Å². The van der Waals surface area contributed by atoms with E-state index in [0.717, 1.165) is 43.0 Å². The number of nitrogens with zero attached hydrogens (tertiary/aromatic N) is 2. The molecule has 0 saturated carbocycles. The topological polar surface area (TPSA) is 45.2 Å². The quantitative estimate of drug-likeness (QED) is 0.727. The highest BCUT2D eigenvalue weighted by atomic mass is 32.1. The fourth-order valence-electron chi connectivity index (χ4n) is 3.66. The van der Waals surface area contributed by atoms with Crippen LogP contribution < -0.4 is 10.2 Å². The van der Waals surface area contributed by atoms with Gasteiger partial charge >= 0.3 is 0 Å². The molecular weight excluding hydrogens is 342 g/mol. The van der Waals surface area contributed by atoms with Gasteiger partial charge in [-0.3, -0.25) is 4.79 Å². The Morgan fingerprint density at radius 2 is 2.12 bits per heavy atom. The lowest BCUT2D eigenvalue weighted by molar-refractivity contribution is -0.120. The van der Waals surface area contributed by atoms with Crippen molar-refractivity contribution < 1.29 is 4.79 Å². The van der Waals surface area contributed by atoms with E-state index in [9.17, 15) is 4.79 Å². The molecule has 1 aliphatic rings. The lowest BCUT2D eigenvalue weighted by atomic mass is 9.96. The Kier molecular flexibility index (Phi) is 4.64. The molecule has 0 aliphatic carbocycles. The lowest BCUT2D eigenvalue weighted by Crippen LogP contribution is -2.41. The van der Waals surface area contributed by atoms with Gasteiger partial charge in [0.25, 0.3) is 0 Å². The SMILES string of the molecule is Cc1cc2c(N3CCCC(C(=O)Nc4ccccc4C)C3)nccc2s1. The first kappa shape index (κ1) is 17.0. The van der Waals surface area contributed by atoms with Gasteiger partial charge < -0.3 is 10.2 Å². The molecule has 134 valence electrons. The number of piperidine rings is 1. The number of fused-ring (bicyclic) bond motifs is 1. The number of hydrogen-bond acceptors (Lipinski definition) is 4. The Morgan fingerprint density at radius 3 is 2.96 bits per heavy atom. The highest BCUT2D eigenvalue weighted by molar-refractivity contribution is 7.19. The second-order valence-corrected chi connectivity index (χ2v) is 8.28. The van der Waals surface area contributed by atoms with Gasteiger partial charge in [-0.1, -0.05) is 18.2 Å². The van der Waals surface area contributed by atoms with Crippen LogP contribution in [0.3, 0.4) is 0 Å². The third-order valence-corrected chi connectivity index (χ3v) is 6.06. The molecule has 3 heterocycles. The first-order chi connectivity index (χ1) is 12.6. The van der Waals surface area contributed by atoms with Crippen LogP contribution in [0.4, 0.5) is 11.5 Å². The predicted molar refractivity (Wildman–Crippen MR) is 109 cm³/mol. The summed E-state index contributed by atoms with van der Waals surface area (Å²) < 4.78 is 1.26. The molecule has 0 spiro atoms. The third kappa shape index (κ3) is 3.31. The van der Waals surface area contributed by atoms with Crippen LogP contribution in [-0.2, 0) is 4.79 Å². The molecule has 0 bridgehead atoms. The van der Waals surface area contributed by atoms with E-state index in [0.29, 0.717) is 0 Å². The van der Waals surface area contributed by atoms with Crippen molar-refractivity contribution in [1.82, 2.24) is 4.98 Å². The number of para-hydroxylation sites is 1. The number of rotatable bonds is 3. The van der Waals surface area contributed by atoms with E-state index in [1.807, 2.05) is 37.4 Å². The minimum atomic E-state index is -0.0138. The average Bonchev–Trinajstić information content (AvgIpc) is 3.04. The molecule has 5 heteroatoms. The van der Waals surface area contributed by atoms with Crippen molar-refractivity contribution in [3.8, 4) is 0 Å². The zero-order valence-corrected chi connectivity index (χ0v) is 16.0. The molecule has 1 saturated heterocycles. The van der Waals surface area contributed by atoms with Crippen molar-refractivity contribution in [2.24, 2.45) is 5.92 Å². The maximum atomic E-state index is 12.8. The van der Waals surface area contributed by atoms with Crippen molar-refractivity contribution in [3.63, 3.8) is 0 Å². The minimum absolute atomic E-state index is 0.0138. The first-order valence-electron chi connectivity index (χ1n) is 9.08.